The van der Waals surface area contributed by atoms with Gasteiger partial charge in [0.1, 0.15) is 22.9 Å². The molecule has 7 heteroatoms. The number of para-hydroxylation sites is 1. The molecule has 0 aliphatic carbocycles. The van der Waals surface area contributed by atoms with Crippen LogP contribution in [-0.4, -0.2) is 47.5 Å². The second-order valence-corrected chi connectivity index (χ2v) is 10.4. The number of phenols is 3. The zero-order valence-electron chi connectivity index (χ0n) is 22.8. The number of allylic oxidation sites excluding steroid dienone is 3. The molecule has 7 nitrogen and oxygen atoms in total. The van der Waals surface area contributed by atoms with E-state index in [-0.39, 0.29) is 35.3 Å². The van der Waals surface area contributed by atoms with E-state index in [9.17, 15) is 20.1 Å². The molecule has 200 valence electrons. The van der Waals surface area contributed by atoms with Gasteiger partial charge in [0, 0.05) is 32.8 Å². The van der Waals surface area contributed by atoms with Crippen LogP contribution in [0.4, 0.5) is 17.1 Å². The van der Waals surface area contributed by atoms with E-state index in [4.69, 9.17) is 4.74 Å². The van der Waals surface area contributed by atoms with Crippen LogP contribution in [0, 0.1) is 0 Å². The fourth-order valence-electron chi connectivity index (χ4n) is 4.64. The molecule has 0 aromatic heterocycles. The molecule has 37 heavy (non-hydrogen) atoms. The summed E-state index contributed by atoms with van der Waals surface area (Å²) in [5.41, 5.74) is 3.75. The van der Waals surface area contributed by atoms with E-state index < -0.39 is 0 Å². The van der Waals surface area contributed by atoms with Crippen LogP contribution >= 0.6 is 0 Å². The van der Waals surface area contributed by atoms with Gasteiger partial charge >= 0.3 is 0 Å². The molecule has 1 aliphatic heterocycles. The summed E-state index contributed by atoms with van der Waals surface area (Å²) in [5.74, 6) is -0.706. The Kier molecular flexibility index (Phi) is 8.92. The van der Waals surface area contributed by atoms with Crippen molar-refractivity contribution < 1.29 is 24.9 Å². The number of amides is 1. The lowest BCUT2D eigenvalue weighted by atomic mass is 9.98. The maximum Gasteiger partial charge on any atom is 0.260 e. The van der Waals surface area contributed by atoms with Crippen molar-refractivity contribution >= 4 is 23.0 Å². The van der Waals surface area contributed by atoms with E-state index in [2.05, 4.69) is 26.8 Å². The van der Waals surface area contributed by atoms with Crippen molar-refractivity contribution in [2.75, 3.05) is 30.5 Å². The number of anilines is 3. The molecule has 1 heterocycles. The Morgan fingerprint density at radius 3 is 2.41 bits per heavy atom. The summed E-state index contributed by atoms with van der Waals surface area (Å²) in [6, 6.07) is 7.48. The summed E-state index contributed by atoms with van der Waals surface area (Å²) in [6.45, 7) is 8.68. The molecule has 0 radical (unpaired) electrons. The number of methoxy groups -OCH3 is 1. The van der Waals surface area contributed by atoms with Gasteiger partial charge in [-0.1, -0.05) is 29.4 Å². The van der Waals surface area contributed by atoms with Crippen LogP contribution in [0.15, 0.2) is 53.6 Å². The van der Waals surface area contributed by atoms with Gasteiger partial charge in [-0.25, -0.2) is 0 Å². The predicted molar refractivity (Wildman–Crippen MR) is 149 cm³/mol. The Bertz CT molecular complexity index is 1200. The molecule has 3 rings (SSSR count). The Morgan fingerprint density at radius 1 is 1.00 bits per heavy atom. The monoisotopic (exact) mass is 508 g/mol. The number of fused-ring (bicyclic) bond motifs is 2. The first-order valence-electron chi connectivity index (χ1n) is 12.7. The molecule has 0 bridgehead atoms. The van der Waals surface area contributed by atoms with Gasteiger partial charge in [-0.15, -0.1) is 0 Å². The third-order valence-corrected chi connectivity index (χ3v) is 7.06. The van der Waals surface area contributed by atoms with Crippen LogP contribution in [0.3, 0.4) is 0 Å². The fourth-order valence-corrected chi connectivity index (χ4v) is 4.64. The van der Waals surface area contributed by atoms with Gasteiger partial charge in [-0.3, -0.25) is 4.79 Å². The van der Waals surface area contributed by atoms with Crippen LogP contribution in [-0.2, 0) is 4.74 Å². The smallest absolute Gasteiger partial charge is 0.260 e. The van der Waals surface area contributed by atoms with Crippen molar-refractivity contribution in [1.82, 2.24) is 0 Å². The molecule has 3 N–H and O–H groups in total. The first kappa shape index (κ1) is 28.1. The Balaban J connectivity index is 1.77. The van der Waals surface area contributed by atoms with Crippen molar-refractivity contribution in [1.29, 1.82) is 0 Å². The highest BCUT2D eigenvalue weighted by atomic mass is 16.5. The average Bonchev–Trinajstić information content (AvgIpc) is 2.91. The van der Waals surface area contributed by atoms with Gasteiger partial charge in [-0.2, -0.15) is 0 Å². The second kappa shape index (κ2) is 11.7. The van der Waals surface area contributed by atoms with Crippen molar-refractivity contribution in [3.63, 3.8) is 0 Å². The van der Waals surface area contributed by atoms with Crippen LogP contribution in [0.2, 0.25) is 0 Å². The first-order chi connectivity index (χ1) is 17.4. The zero-order valence-corrected chi connectivity index (χ0v) is 22.8. The average molecular weight is 509 g/mol. The van der Waals surface area contributed by atoms with Crippen molar-refractivity contribution in [2.24, 2.45) is 0 Å². The minimum atomic E-state index is -0.319. The molecule has 1 aliphatic rings. The number of hydrogen-bond donors (Lipinski definition) is 3. The highest BCUT2D eigenvalue weighted by Crippen LogP contribution is 2.49. The molecule has 0 spiro atoms. The topological polar surface area (TPSA) is 93.5 Å². The minimum absolute atomic E-state index is 0.0618. The standard InChI is InChI=1S/C30H40N2O5/c1-20(12-9-16-30(3,4)37-6)10-7-11-21(2)15-17-32-24-18-22(33)19-26(35)28(24)31(5)27-23(29(32)36)13-8-14-25(27)34/h8,10,13-15,18-19,33-35H,7,9,11-12,16-17H2,1-6H3/b20-10+,21-15+. The van der Waals surface area contributed by atoms with E-state index in [0.29, 0.717) is 22.6 Å². The van der Waals surface area contributed by atoms with E-state index in [1.165, 1.54) is 28.7 Å². The number of carbonyl (C=O) groups excluding carboxylic acids is 1. The minimum Gasteiger partial charge on any atom is -0.508 e. The van der Waals surface area contributed by atoms with Gasteiger partial charge in [0.15, 0.2) is 0 Å². The Morgan fingerprint density at radius 2 is 1.70 bits per heavy atom. The molecule has 0 unspecified atom stereocenters. The van der Waals surface area contributed by atoms with Gasteiger partial charge in [0.25, 0.3) is 5.91 Å². The fraction of sp³-hybridized carbons (Fsp3) is 0.433. The maximum absolute atomic E-state index is 13.6. The van der Waals surface area contributed by atoms with E-state index in [0.717, 1.165) is 37.7 Å². The number of carbonyl (C=O) groups is 1. The SMILES string of the molecule is COC(C)(C)CCC/C(C)=C/CC/C(C)=C/CN1C(=O)c2cccc(O)c2N(C)c2c(O)cc(O)cc21. The summed E-state index contributed by atoms with van der Waals surface area (Å²) in [6.07, 6.45) is 9.18. The molecule has 2 aromatic carbocycles. The number of aromatic hydroxyl groups is 3. The summed E-state index contributed by atoms with van der Waals surface area (Å²) >= 11 is 0. The molecule has 2 aromatic rings. The number of hydrogen-bond acceptors (Lipinski definition) is 6. The van der Waals surface area contributed by atoms with Crippen LogP contribution in [0.1, 0.15) is 70.2 Å². The Hall–Kier alpha value is -3.45. The summed E-state index contributed by atoms with van der Waals surface area (Å²) < 4.78 is 5.49. The zero-order chi connectivity index (χ0) is 27.3. The second-order valence-electron chi connectivity index (χ2n) is 10.4. The van der Waals surface area contributed by atoms with Crippen LogP contribution in [0.5, 0.6) is 17.2 Å². The Labute approximate surface area is 220 Å². The predicted octanol–water partition coefficient (Wildman–Crippen LogP) is 6.80. The molecular weight excluding hydrogens is 468 g/mol. The third kappa shape index (κ3) is 6.66. The summed E-state index contributed by atoms with van der Waals surface area (Å²) in [4.78, 5) is 16.7. The maximum atomic E-state index is 13.6. The van der Waals surface area contributed by atoms with E-state index in [1.54, 1.807) is 31.2 Å². The summed E-state index contributed by atoms with van der Waals surface area (Å²) in [7, 11) is 3.43. The van der Waals surface area contributed by atoms with Gasteiger partial charge < -0.3 is 29.9 Å². The van der Waals surface area contributed by atoms with Gasteiger partial charge in [-0.05, 0) is 71.9 Å². The first-order valence-corrected chi connectivity index (χ1v) is 12.7. The van der Waals surface area contributed by atoms with E-state index >= 15 is 0 Å². The highest BCUT2D eigenvalue weighted by Gasteiger charge is 2.33. The molecule has 0 saturated heterocycles. The molecule has 0 atom stereocenters. The van der Waals surface area contributed by atoms with Crippen LogP contribution in [0.25, 0.3) is 0 Å². The van der Waals surface area contributed by atoms with Crippen molar-refractivity contribution in [3.8, 4) is 17.2 Å². The largest absolute Gasteiger partial charge is 0.508 e. The number of benzene rings is 2. The molecule has 1 amide bonds. The number of phenolic OH excluding ortho intramolecular Hbond substituents is 3. The molecule has 0 saturated carbocycles. The van der Waals surface area contributed by atoms with Crippen molar-refractivity contribution in [3.05, 3.63) is 59.2 Å². The lowest BCUT2D eigenvalue weighted by Gasteiger charge is -2.25. The lowest BCUT2D eigenvalue weighted by Crippen LogP contribution is -2.30. The van der Waals surface area contributed by atoms with Gasteiger partial charge in [0.2, 0.25) is 0 Å². The molecule has 0 fully saturated rings. The highest BCUT2D eigenvalue weighted by molar-refractivity contribution is 6.15. The van der Waals surface area contributed by atoms with E-state index in [1.807, 2.05) is 13.0 Å². The van der Waals surface area contributed by atoms with Gasteiger partial charge in [0.05, 0.1) is 22.5 Å². The third-order valence-electron chi connectivity index (χ3n) is 7.06. The normalized spacial score (nSPS) is 14.5. The number of nitrogens with zero attached hydrogens (tertiary/aromatic N) is 2. The van der Waals surface area contributed by atoms with Crippen molar-refractivity contribution in [2.45, 2.75) is 65.4 Å². The quantitative estimate of drug-likeness (QED) is 0.306. The summed E-state index contributed by atoms with van der Waals surface area (Å²) in [5, 5.41) is 31.4. The lowest BCUT2D eigenvalue weighted by molar-refractivity contribution is 0.0140. The molecular formula is C30H40N2O5. The number of rotatable bonds is 10. The van der Waals surface area contributed by atoms with Crippen LogP contribution < -0.4 is 9.80 Å². The number of ether oxygens (including phenoxy) is 1.